The molecule has 0 aliphatic carbocycles. The molecule has 1 unspecified atom stereocenters. The Kier molecular flexibility index (Phi) is 6.81. The minimum atomic E-state index is -3.88. The van der Waals surface area contributed by atoms with Crippen molar-refractivity contribution < 1.29 is 17.7 Å². The Balaban J connectivity index is 1.33. The zero-order valence-electron chi connectivity index (χ0n) is 20.7. The molecule has 0 saturated carbocycles. The average Bonchev–Trinajstić information content (AvgIpc) is 3.28. The summed E-state index contributed by atoms with van der Waals surface area (Å²) in [7, 11) is -3.88. The smallest absolute Gasteiger partial charge is 0.248 e. The number of rotatable bonds is 5. The maximum absolute atomic E-state index is 13.7. The van der Waals surface area contributed by atoms with Gasteiger partial charge in [0.15, 0.2) is 10.7 Å². The maximum atomic E-state index is 13.7. The Morgan fingerprint density at radius 1 is 1.03 bits per heavy atom. The van der Waals surface area contributed by atoms with Gasteiger partial charge in [0.05, 0.1) is 5.92 Å². The number of piperidine rings is 1. The van der Waals surface area contributed by atoms with Crippen LogP contribution >= 0.6 is 0 Å². The summed E-state index contributed by atoms with van der Waals surface area (Å²) >= 11 is 0. The second-order valence-electron chi connectivity index (χ2n) is 9.69. The van der Waals surface area contributed by atoms with Crippen LogP contribution in [0.15, 0.2) is 57.9 Å². The van der Waals surface area contributed by atoms with Crippen LogP contribution in [0.25, 0.3) is 12.2 Å². The van der Waals surface area contributed by atoms with E-state index in [1.807, 2.05) is 54.3 Å². The van der Waals surface area contributed by atoms with E-state index in [0.29, 0.717) is 38.2 Å². The van der Waals surface area contributed by atoms with Crippen molar-refractivity contribution in [2.24, 2.45) is 5.92 Å². The van der Waals surface area contributed by atoms with Crippen molar-refractivity contribution in [3.63, 3.8) is 0 Å². The predicted molar refractivity (Wildman–Crippen MR) is 138 cm³/mol. The zero-order chi connectivity index (χ0) is 25.3. The lowest BCUT2D eigenvalue weighted by Crippen LogP contribution is -2.47. The molecule has 188 valence electrons. The summed E-state index contributed by atoms with van der Waals surface area (Å²) in [5.74, 6) is -0.120. The fourth-order valence-electron chi connectivity index (χ4n) is 5.08. The molecular formula is C28H31N3O4S. The highest BCUT2D eigenvalue weighted by Gasteiger charge is 2.38. The largest absolute Gasteiger partial charge is 0.355 e. The van der Waals surface area contributed by atoms with E-state index in [2.05, 4.69) is 17.3 Å². The number of hydrogen-bond acceptors (Lipinski definition) is 5. The quantitative estimate of drug-likeness (QED) is 0.512. The topological polar surface area (TPSA) is 83.7 Å². The van der Waals surface area contributed by atoms with Gasteiger partial charge >= 0.3 is 0 Å². The van der Waals surface area contributed by atoms with Crippen LogP contribution in [-0.4, -0.2) is 48.3 Å². The molecule has 0 spiro atoms. The number of benzene rings is 2. The van der Waals surface area contributed by atoms with E-state index >= 15 is 0 Å². The van der Waals surface area contributed by atoms with Crippen molar-refractivity contribution in [2.75, 3.05) is 19.6 Å². The minimum absolute atomic E-state index is 0.0333. The Labute approximate surface area is 212 Å². The average molecular weight is 506 g/mol. The van der Waals surface area contributed by atoms with Crippen LogP contribution in [0, 0.1) is 19.8 Å². The van der Waals surface area contributed by atoms with Gasteiger partial charge < -0.3 is 9.42 Å². The van der Waals surface area contributed by atoms with Crippen LogP contribution in [0.5, 0.6) is 0 Å². The van der Waals surface area contributed by atoms with Crippen molar-refractivity contribution in [3.05, 3.63) is 82.2 Å². The summed E-state index contributed by atoms with van der Waals surface area (Å²) in [4.78, 5) is 15.4. The van der Waals surface area contributed by atoms with Gasteiger partial charge in [-0.15, -0.1) is 0 Å². The third-order valence-electron chi connectivity index (χ3n) is 7.11. The van der Waals surface area contributed by atoms with E-state index in [-0.39, 0.29) is 29.0 Å². The molecule has 1 aromatic heterocycles. The third-order valence-corrected chi connectivity index (χ3v) is 9.14. The Morgan fingerprint density at radius 3 is 2.56 bits per heavy atom. The third kappa shape index (κ3) is 4.88. The van der Waals surface area contributed by atoms with Crippen LogP contribution in [0.3, 0.4) is 0 Å². The van der Waals surface area contributed by atoms with Gasteiger partial charge in [0.2, 0.25) is 15.9 Å². The molecule has 0 radical (unpaired) electrons. The first-order valence-corrected chi connectivity index (χ1v) is 13.8. The minimum Gasteiger partial charge on any atom is -0.355 e. The molecule has 2 aliphatic rings. The normalized spacial score (nSPS) is 18.9. The molecule has 2 aromatic carbocycles. The number of carbonyl (C=O) groups is 1. The summed E-state index contributed by atoms with van der Waals surface area (Å²) < 4.78 is 34.3. The van der Waals surface area contributed by atoms with Gasteiger partial charge in [-0.2, -0.15) is 4.31 Å². The van der Waals surface area contributed by atoms with Crippen LogP contribution in [0.4, 0.5) is 0 Å². The Hall–Kier alpha value is -3.23. The summed E-state index contributed by atoms with van der Waals surface area (Å²) in [6.45, 7) is 5.44. The lowest BCUT2D eigenvalue weighted by atomic mass is 9.95. The fourth-order valence-corrected chi connectivity index (χ4v) is 6.86. The molecule has 0 bridgehead atoms. The van der Waals surface area contributed by atoms with E-state index in [4.69, 9.17) is 4.52 Å². The SMILES string of the molecule is Cc1ccc(C=Cc2onc(C)c2S(=O)(=O)N2CCCC(C(=O)N3CCc4ccccc4C3)C2)cc1. The first-order valence-electron chi connectivity index (χ1n) is 12.4. The van der Waals surface area contributed by atoms with Gasteiger partial charge in [-0.3, -0.25) is 4.79 Å². The van der Waals surface area contributed by atoms with Crippen LogP contribution < -0.4 is 0 Å². The van der Waals surface area contributed by atoms with Gasteiger partial charge in [-0.1, -0.05) is 65.3 Å². The first kappa shape index (κ1) is 24.5. The molecule has 7 nitrogen and oxygen atoms in total. The van der Waals surface area contributed by atoms with E-state index < -0.39 is 10.0 Å². The highest BCUT2D eigenvalue weighted by atomic mass is 32.2. The fraction of sp³-hybridized carbons (Fsp3) is 0.357. The molecule has 3 aromatic rings. The van der Waals surface area contributed by atoms with Gasteiger partial charge in [-0.25, -0.2) is 8.42 Å². The second-order valence-corrected chi connectivity index (χ2v) is 11.6. The van der Waals surface area contributed by atoms with E-state index in [0.717, 1.165) is 17.5 Å². The van der Waals surface area contributed by atoms with Gasteiger partial charge in [-0.05, 0) is 55.9 Å². The summed E-state index contributed by atoms with van der Waals surface area (Å²) in [6.07, 6.45) is 5.61. The summed E-state index contributed by atoms with van der Waals surface area (Å²) in [5, 5.41) is 3.95. The second kappa shape index (κ2) is 10.0. The monoisotopic (exact) mass is 505 g/mol. The van der Waals surface area contributed by atoms with Crippen molar-refractivity contribution in [1.82, 2.24) is 14.4 Å². The molecule has 1 atom stereocenters. The molecule has 8 heteroatoms. The molecule has 1 saturated heterocycles. The number of hydrogen-bond donors (Lipinski definition) is 0. The summed E-state index contributed by atoms with van der Waals surface area (Å²) in [6, 6.07) is 16.1. The molecule has 1 fully saturated rings. The highest BCUT2D eigenvalue weighted by molar-refractivity contribution is 7.89. The predicted octanol–water partition coefficient (Wildman–Crippen LogP) is 4.45. The molecule has 5 rings (SSSR count). The van der Waals surface area contributed by atoms with Gasteiger partial charge in [0.1, 0.15) is 5.69 Å². The molecular weight excluding hydrogens is 474 g/mol. The van der Waals surface area contributed by atoms with E-state index in [1.165, 1.54) is 15.4 Å². The molecule has 1 amide bonds. The number of fused-ring (bicyclic) bond motifs is 1. The number of nitrogens with zero attached hydrogens (tertiary/aromatic N) is 3. The van der Waals surface area contributed by atoms with Crippen molar-refractivity contribution in [2.45, 2.75) is 44.6 Å². The van der Waals surface area contributed by atoms with E-state index in [9.17, 15) is 13.2 Å². The summed E-state index contributed by atoms with van der Waals surface area (Å²) in [5.41, 5.74) is 4.85. The first-order chi connectivity index (χ1) is 17.3. The van der Waals surface area contributed by atoms with Crippen molar-refractivity contribution in [3.8, 4) is 0 Å². The van der Waals surface area contributed by atoms with Crippen LogP contribution in [0.2, 0.25) is 0 Å². The molecule has 36 heavy (non-hydrogen) atoms. The lowest BCUT2D eigenvalue weighted by molar-refractivity contribution is -0.137. The molecule has 2 aliphatic heterocycles. The standard InChI is InChI=1S/C28H31N3O4S/c1-20-9-11-22(12-10-20)13-14-26-27(21(2)29-35-26)36(33,34)31-16-5-8-25(19-31)28(32)30-17-15-23-6-3-4-7-24(23)18-30/h3-4,6-7,9-14,25H,5,8,15-19H2,1-2H3. The Bertz CT molecular complexity index is 1390. The van der Waals surface area contributed by atoms with E-state index in [1.54, 1.807) is 13.0 Å². The lowest BCUT2D eigenvalue weighted by Gasteiger charge is -2.36. The molecule has 0 N–H and O–H groups in total. The number of aryl methyl sites for hydroxylation is 2. The van der Waals surface area contributed by atoms with Crippen molar-refractivity contribution in [1.29, 1.82) is 0 Å². The zero-order valence-corrected chi connectivity index (χ0v) is 21.5. The molecule has 3 heterocycles. The number of aromatic nitrogens is 1. The van der Waals surface area contributed by atoms with Crippen LogP contribution in [0.1, 0.15) is 46.5 Å². The van der Waals surface area contributed by atoms with Gasteiger partial charge in [0.25, 0.3) is 0 Å². The number of amides is 1. The Morgan fingerprint density at radius 2 is 1.78 bits per heavy atom. The van der Waals surface area contributed by atoms with Crippen LogP contribution in [-0.2, 0) is 27.8 Å². The maximum Gasteiger partial charge on any atom is 0.248 e. The van der Waals surface area contributed by atoms with Crippen molar-refractivity contribution >= 4 is 28.1 Å². The highest BCUT2D eigenvalue weighted by Crippen LogP contribution is 2.31. The number of sulfonamides is 1. The van der Waals surface area contributed by atoms with Gasteiger partial charge in [0, 0.05) is 26.2 Å². The number of carbonyl (C=O) groups excluding carboxylic acids is 1.